The number of anilines is 1. The van der Waals surface area contributed by atoms with Crippen LogP contribution >= 0.6 is 0 Å². The number of hydrogen-bond acceptors (Lipinski definition) is 2. The normalized spacial score (nSPS) is 22.6. The molecule has 2 aliphatic rings. The van der Waals surface area contributed by atoms with Crippen LogP contribution in [0.3, 0.4) is 0 Å². The summed E-state index contributed by atoms with van der Waals surface area (Å²) in [4.78, 5) is 14.4. The van der Waals surface area contributed by atoms with Gasteiger partial charge in [0, 0.05) is 0 Å². The molecule has 3 rings (SSSR count). The number of amides is 1. The van der Waals surface area contributed by atoms with Gasteiger partial charge < -0.3 is 10.2 Å². The maximum absolute atomic E-state index is 13.7. The van der Waals surface area contributed by atoms with Gasteiger partial charge in [-0.25, -0.2) is 4.39 Å². The molecule has 1 saturated heterocycles. The molecule has 2 heterocycles. The number of halogens is 1. The van der Waals surface area contributed by atoms with Crippen LogP contribution in [-0.2, 0) is 10.2 Å². The van der Waals surface area contributed by atoms with E-state index in [1.807, 2.05) is 13.1 Å². The quantitative estimate of drug-likeness (QED) is 0.741. The Balaban J connectivity index is 2.08. The first-order chi connectivity index (χ1) is 8.13. The van der Waals surface area contributed by atoms with Gasteiger partial charge in [0.25, 0.3) is 0 Å². The molecule has 1 aromatic carbocycles. The number of rotatable bonds is 0. The lowest BCUT2D eigenvalue weighted by molar-refractivity contribution is -0.122. The van der Waals surface area contributed by atoms with Crippen LogP contribution in [-0.4, -0.2) is 30.9 Å². The van der Waals surface area contributed by atoms with Gasteiger partial charge in [-0.2, -0.15) is 0 Å². The average molecular weight is 234 g/mol. The van der Waals surface area contributed by atoms with Crippen molar-refractivity contribution in [3.63, 3.8) is 0 Å². The number of likely N-dealkylation sites (tertiary alicyclic amines) is 1. The molecule has 1 N–H and O–H groups in total. The van der Waals surface area contributed by atoms with E-state index in [1.54, 1.807) is 6.07 Å². The first kappa shape index (κ1) is 10.7. The second-order valence-electron chi connectivity index (χ2n) is 5.00. The summed E-state index contributed by atoms with van der Waals surface area (Å²) in [7, 11) is 2.05. The molecule has 3 nitrogen and oxygen atoms in total. The minimum absolute atomic E-state index is 0.0364. The summed E-state index contributed by atoms with van der Waals surface area (Å²) >= 11 is 0. The third-order valence-corrected chi connectivity index (χ3v) is 4.04. The van der Waals surface area contributed by atoms with Crippen LogP contribution in [0.5, 0.6) is 0 Å². The summed E-state index contributed by atoms with van der Waals surface area (Å²) in [6.07, 6.45) is 1.54. The Hall–Kier alpha value is -1.42. The summed E-state index contributed by atoms with van der Waals surface area (Å²) in [6, 6.07) is 4.96. The molecule has 0 radical (unpaired) electrons. The van der Waals surface area contributed by atoms with Crippen molar-refractivity contribution in [3.05, 3.63) is 29.6 Å². The molecule has 0 bridgehead atoms. The van der Waals surface area contributed by atoms with E-state index in [0.29, 0.717) is 5.69 Å². The highest BCUT2D eigenvalue weighted by Gasteiger charge is 2.48. The zero-order chi connectivity index (χ0) is 12.0. The number of fused-ring (bicyclic) bond motifs is 2. The summed E-state index contributed by atoms with van der Waals surface area (Å²) in [5.41, 5.74) is 0.738. The number of piperidine rings is 1. The Morgan fingerprint density at radius 2 is 2.06 bits per heavy atom. The van der Waals surface area contributed by atoms with Gasteiger partial charge >= 0.3 is 0 Å². The van der Waals surface area contributed by atoms with Gasteiger partial charge in [0.05, 0.1) is 11.1 Å². The fraction of sp³-hybridized carbons (Fsp3) is 0.462. The fourth-order valence-electron chi connectivity index (χ4n) is 2.90. The van der Waals surface area contributed by atoms with Crippen LogP contribution < -0.4 is 5.32 Å². The maximum atomic E-state index is 13.7. The molecular formula is C13H15FN2O. The van der Waals surface area contributed by atoms with Crippen molar-refractivity contribution < 1.29 is 9.18 Å². The number of benzene rings is 1. The molecule has 90 valence electrons. The minimum atomic E-state index is -0.496. The Morgan fingerprint density at radius 3 is 2.76 bits per heavy atom. The molecule has 0 aliphatic carbocycles. The van der Waals surface area contributed by atoms with Crippen molar-refractivity contribution >= 4 is 11.6 Å². The molecule has 1 fully saturated rings. The second kappa shape index (κ2) is 3.53. The van der Waals surface area contributed by atoms with Crippen molar-refractivity contribution in [1.29, 1.82) is 0 Å². The Morgan fingerprint density at radius 1 is 1.35 bits per heavy atom. The van der Waals surface area contributed by atoms with Crippen molar-refractivity contribution in [2.24, 2.45) is 0 Å². The van der Waals surface area contributed by atoms with Crippen LogP contribution in [0.4, 0.5) is 10.1 Å². The zero-order valence-electron chi connectivity index (χ0n) is 9.79. The number of nitrogens with zero attached hydrogens (tertiary/aromatic N) is 1. The zero-order valence-corrected chi connectivity index (χ0v) is 9.79. The molecule has 0 saturated carbocycles. The summed E-state index contributed by atoms with van der Waals surface area (Å²) < 4.78 is 13.7. The van der Waals surface area contributed by atoms with Crippen LogP contribution in [0.25, 0.3) is 0 Å². The van der Waals surface area contributed by atoms with Gasteiger partial charge in [-0.3, -0.25) is 4.79 Å². The van der Waals surface area contributed by atoms with Crippen LogP contribution in [0, 0.1) is 5.82 Å². The summed E-state index contributed by atoms with van der Waals surface area (Å²) in [5.74, 6) is -0.364. The van der Waals surface area contributed by atoms with E-state index in [-0.39, 0.29) is 11.7 Å². The number of nitrogens with one attached hydrogen (secondary N) is 1. The van der Waals surface area contributed by atoms with E-state index in [1.165, 1.54) is 6.07 Å². The van der Waals surface area contributed by atoms with Gasteiger partial charge in [-0.05, 0) is 44.6 Å². The molecule has 2 aliphatic heterocycles. The Bertz CT molecular complexity index is 478. The van der Waals surface area contributed by atoms with Crippen molar-refractivity contribution in [2.75, 3.05) is 25.5 Å². The van der Waals surface area contributed by atoms with Crippen LogP contribution in [0.2, 0.25) is 0 Å². The lowest BCUT2D eigenvalue weighted by Gasteiger charge is -2.36. The van der Waals surface area contributed by atoms with Crippen LogP contribution in [0.1, 0.15) is 18.4 Å². The largest absolute Gasteiger partial charge is 0.323 e. The number of hydrogen-bond donors (Lipinski definition) is 1. The van der Waals surface area contributed by atoms with Gasteiger partial charge in [0.15, 0.2) is 0 Å². The second-order valence-corrected chi connectivity index (χ2v) is 5.00. The summed E-state index contributed by atoms with van der Waals surface area (Å²) in [6.45, 7) is 1.76. The molecular weight excluding hydrogens is 219 g/mol. The smallest absolute Gasteiger partial charge is 0.235 e. The first-order valence-electron chi connectivity index (χ1n) is 5.92. The van der Waals surface area contributed by atoms with E-state index in [2.05, 4.69) is 10.2 Å². The molecule has 17 heavy (non-hydrogen) atoms. The predicted molar refractivity (Wildman–Crippen MR) is 63.4 cm³/mol. The Kier molecular flexibility index (Phi) is 2.23. The van der Waals surface area contributed by atoms with Crippen molar-refractivity contribution in [1.82, 2.24) is 4.90 Å². The van der Waals surface area contributed by atoms with E-state index in [0.717, 1.165) is 31.5 Å². The summed E-state index contributed by atoms with van der Waals surface area (Å²) in [5, 5.41) is 2.71. The third kappa shape index (κ3) is 1.40. The molecule has 0 unspecified atom stereocenters. The molecule has 0 aromatic heterocycles. The SMILES string of the molecule is CN1CCC2(CC1)C(=O)Nc1c(F)cccc12. The first-order valence-corrected chi connectivity index (χ1v) is 5.92. The molecule has 0 atom stereocenters. The highest BCUT2D eigenvalue weighted by molar-refractivity contribution is 6.06. The predicted octanol–water partition coefficient (Wildman–Crippen LogP) is 1.74. The van der Waals surface area contributed by atoms with Crippen molar-refractivity contribution in [3.8, 4) is 0 Å². The topological polar surface area (TPSA) is 32.3 Å². The van der Waals surface area contributed by atoms with E-state index in [9.17, 15) is 9.18 Å². The number of carbonyl (C=O) groups excluding carboxylic acids is 1. The van der Waals surface area contributed by atoms with Crippen molar-refractivity contribution in [2.45, 2.75) is 18.3 Å². The standard InChI is InChI=1S/C13H15FN2O/c1-16-7-5-13(6-8-16)9-3-2-4-10(14)11(9)15-12(13)17/h2-4H,5-8H2,1H3,(H,15,17). The highest BCUT2D eigenvalue weighted by atomic mass is 19.1. The van der Waals surface area contributed by atoms with Gasteiger partial charge in [0.2, 0.25) is 5.91 Å². The van der Waals surface area contributed by atoms with Crippen LogP contribution in [0.15, 0.2) is 18.2 Å². The minimum Gasteiger partial charge on any atom is -0.323 e. The third-order valence-electron chi connectivity index (χ3n) is 4.04. The van der Waals surface area contributed by atoms with E-state index in [4.69, 9.17) is 0 Å². The average Bonchev–Trinajstić information content (AvgIpc) is 2.59. The molecule has 1 spiro atoms. The lowest BCUT2D eigenvalue weighted by Crippen LogP contribution is -2.45. The van der Waals surface area contributed by atoms with E-state index < -0.39 is 5.41 Å². The highest BCUT2D eigenvalue weighted by Crippen LogP contribution is 2.45. The Labute approximate surface area is 99.6 Å². The maximum Gasteiger partial charge on any atom is 0.235 e. The fourth-order valence-corrected chi connectivity index (χ4v) is 2.90. The number of para-hydroxylation sites is 1. The monoisotopic (exact) mass is 234 g/mol. The lowest BCUT2D eigenvalue weighted by atomic mass is 9.74. The van der Waals surface area contributed by atoms with Gasteiger partial charge in [0.1, 0.15) is 5.82 Å². The van der Waals surface area contributed by atoms with Gasteiger partial charge in [-0.15, -0.1) is 0 Å². The number of carbonyl (C=O) groups is 1. The molecule has 1 amide bonds. The van der Waals surface area contributed by atoms with E-state index >= 15 is 0 Å². The van der Waals surface area contributed by atoms with Gasteiger partial charge in [-0.1, -0.05) is 12.1 Å². The molecule has 1 aromatic rings. The molecule has 4 heteroatoms.